The van der Waals surface area contributed by atoms with Gasteiger partial charge >= 0.3 is 0 Å². The number of amides is 1. The molecule has 34 heavy (non-hydrogen) atoms. The lowest BCUT2D eigenvalue weighted by molar-refractivity contribution is -0.115. The van der Waals surface area contributed by atoms with Gasteiger partial charge < -0.3 is 9.88 Å². The van der Waals surface area contributed by atoms with Crippen LogP contribution in [0.5, 0.6) is 0 Å². The van der Waals surface area contributed by atoms with Gasteiger partial charge in [0.05, 0.1) is 10.6 Å². The molecule has 1 saturated heterocycles. The highest BCUT2D eigenvalue weighted by Crippen LogP contribution is 2.34. The Morgan fingerprint density at radius 2 is 1.82 bits per heavy atom. The molecule has 170 valence electrons. The van der Waals surface area contributed by atoms with Crippen molar-refractivity contribution in [2.75, 3.05) is 0 Å². The van der Waals surface area contributed by atoms with Gasteiger partial charge in [-0.2, -0.15) is 0 Å². The lowest BCUT2D eigenvalue weighted by Gasteiger charge is -2.09. The second kappa shape index (κ2) is 9.16. The summed E-state index contributed by atoms with van der Waals surface area (Å²) < 4.78 is 2.32. The van der Waals surface area contributed by atoms with E-state index in [1.54, 1.807) is 0 Å². The maximum atomic E-state index is 12.8. The van der Waals surface area contributed by atoms with E-state index in [1.807, 2.05) is 37.3 Å². The minimum atomic E-state index is -0.140. The van der Waals surface area contributed by atoms with E-state index in [1.165, 1.54) is 22.9 Å². The van der Waals surface area contributed by atoms with Crippen LogP contribution in [0, 0.1) is 20.8 Å². The Hall–Kier alpha value is -3.28. The zero-order valence-corrected chi connectivity index (χ0v) is 20.8. The first-order chi connectivity index (χ1) is 16.4. The van der Waals surface area contributed by atoms with Crippen molar-refractivity contribution in [1.82, 2.24) is 9.88 Å². The first-order valence-electron chi connectivity index (χ1n) is 11.1. The molecular formula is C28H24ClN3OS. The molecule has 3 aromatic carbocycles. The van der Waals surface area contributed by atoms with Crippen molar-refractivity contribution in [3.8, 4) is 0 Å². The number of benzene rings is 3. The molecule has 0 atom stereocenters. The van der Waals surface area contributed by atoms with Crippen LogP contribution in [0.15, 0.2) is 76.6 Å². The molecule has 6 heteroatoms. The Balaban J connectivity index is 1.53. The third kappa shape index (κ3) is 4.29. The average molecular weight is 486 g/mol. The summed E-state index contributed by atoms with van der Waals surface area (Å²) in [7, 11) is 0. The van der Waals surface area contributed by atoms with Crippen molar-refractivity contribution in [2.24, 2.45) is 4.99 Å². The number of para-hydroxylation sites is 1. The van der Waals surface area contributed by atoms with E-state index in [9.17, 15) is 4.79 Å². The summed E-state index contributed by atoms with van der Waals surface area (Å²) in [4.78, 5) is 18.1. The molecule has 4 aromatic rings. The highest BCUT2D eigenvalue weighted by atomic mass is 35.5. The van der Waals surface area contributed by atoms with Crippen LogP contribution < -0.4 is 5.32 Å². The van der Waals surface area contributed by atoms with Crippen molar-refractivity contribution in [3.63, 3.8) is 0 Å². The van der Waals surface area contributed by atoms with Gasteiger partial charge in [0, 0.05) is 33.7 Å². The maximum Gasteiger partial charge on any atom is 0.264 e. The zero-order valence-electron chi connectivity index (χ0n) is 19.2. The van der Waals surface area contributed by atoms with E-state index >= 15 is 0 Å². The predicted octanol–water partition coefficient (Wildman–Crippen LogP) is 7.16. The Morgan fingerprint density at radius 3 is 2.65 bits per heavy atom. The Kier molecular flexibility index (Phi) is 6.07. The van der Waals surface area contributed by atoms with Crippen LogP contribution in [0.2, 0.25) is 5.02 Å². The molecular weight excluding hydrogens is 462 g/mol. The minimum absolute atomic E-state index is 0.140. The molecule has 0 radical (unpaired) electrons. The molecule has 0 aliphatic carbocycles. The van der Waals surface area contributed by atoms with E-state index in [2.05, 4.69) is 71.2 Å². The van der Waals surface area contributed by atoms with E-state index < -0.39 is 0 Å². The Bertz CT molecular complexity index is 1500. The topological polar surface area (TPSA) is 46.4 Å². The van der Waals surface area contributed by atoms with Crippen LogP contribution in [-0.2, 0) is 11.3 Å². The highest BCUT2D eigenvalue weighted by Gasteiger charge is 2.25. The van der Waals surface area contributed by atoms with Crippen molar-refractivity contribution in [2.45, 2.75) is 27.3 Å². The van der Waals surface area contributed by atoms with Crippen LogP contribution >= 0.6 is 23.4 Å². The van der Waals surface area contributed by atoms with Gasteiger partial charge in [0.2, 0.25) is 0 Å². The quantitative estimate of drug-likeness (QED) is 0.312. The minimum Gasteiger partial charge on any atom is -0.340 e. The van der Waals surface area contributed by atoms with E-state index in [0.29, 0.717) is 15.1 Å². The Labute approximate surface area is 208 Å². The monoisotopic (exact) mass is 485 g/mol. The van der Waals surface area contributed by atoms with Gasteiger partial charge in [-0.25, -0.2) is 4.99 Å². The number of fused-ring (bicyclic) bond motifs is 1. The summed E-state index contributed by atoms with van der Waals surface area (Å²) in [5, 5.41) is 5.24. The molecule has 5 rings (SSSR count). The number of carbonyl (C=O) groups excluding carboxylic acids is 1. The van der Waals surface area contributed by atoms with E-state index in [0.717, 1.165) is 40.0 Å². The molecule has 1 aliphatic rings. The number of nitrogens with one attached hydrogen (secondary N) is 1. The number of hydrogen-bond donors (Lipinski definition) is 1. The molecule has 4 nitrogen and oxygen atoms in total. The van der Waals surface area contributed by atoms with Gasteiger partial charge in [-0.15, -0.1) is 0 Å². The molecule has 1 fully saturated rings. The molecule has 0 spiro atoms. The van der Waals surface area contributed by atoms with E-state index in [-0.39, 0.29) is 5.91 Å². The number of aliphatic imine (C=N–C) groups is 1. The summed E-state index contributed by atoms with van der Waals surface area (Å²) in [6.45, 7) is 6.92. The smallest absolute Gasteiger partial charge is 0.264 e. The van der Waals surface area contributed by atoms with Crippen LogP contribution in [0.1, 0.15) is 27.9 Å². The van der Waals surface area contributed by atoms with Crippen LogP contribution in [0.4, 0.5) is 5.69 Å². The molecule has 1 amide bonds. The van der Waals surface area contributed by atoms with Crippen molar-refractivity contribution >= 4 is 57.1 Å². The van der Waals surface area contributed by atoms with Crippen molar-refractivity contribution < 1.29 is 4.79 Å². The van der Waals surface area contributed by atoms with Crippen LogP contribution in [0.3, 0.4) is 0 Å². The summed E-state index contributed by atoms with van der Waals surface area (Å²) >= 11 is 7.58. The number of amidine groups is 1. The number of thioether (sulfide) groups is 1. The number of halogens is 1. The van der Waals surface area contributed by atoms with Crippen LogP contribution in [0.25, 0.3) is 17.0 Å². The standard InChI is InChI=1S/C28H24ClN3OS/c1-17-8-6-9-20(14-17)16-32-19(3)22(21-10-4-5-13-25(21)32)15-26-27(33)31-28(34-26)30-24-12-7-11-23(29)18(24)2/h4-15H,16H2,1-3H3,(H,30,31,33)/b26-15-. The predicted molar refractivity (Wildman–Crippen MR) is 144 cm³/mol. The highest BCUT2D eigenvalue weighted by molar-refractivity contribution is 8.18. The summed E-state index contributed by atoms with van der Waals surface area (Å²) in [6, 6.07) is 22.5. The molecule has 1 aromatic heterocycles. The lowest BCUT2D eigenvalue weighted by Crippen LogP contribution is -2.19. The molecule has 0 unspecified atom stereocenters. The molecule has 0 saturated carbocycles. The fourth-order valence-electron chi connectivity index (χ4n) is 4.27. The van der Waals surface area contributed by atoms with E-state index in [4.69, 9.17) is 11.6 Å². The van der Waals surface area contributed by atoms with Crippen molar-refractivity contribution in [1.29, 1.82) is 0 Å². The zero-order chi connectivity index (χ0) is 23.8. The number of rotatable bonds is 4. The maximum absolute atomic E-state index is 12.8. The number of carbonyl (C=O) groups is 1. The SMILES string of the molecule is Cc1cccc(Cn2c(C)c(/C=C3\SC(=Nc4cccc(Cl)c4C)NC3=O)c3ccccc32)c1. The van der Waals surface area contributed by atoms with Crippen LogP contribution in [-0.4, -0.2) is 15.6 Å². The molecule has 1 aliphatic heterocycles. The van der Waals surface area contributed by atoms with Crippen molar-refractivity contribution in [3.05, 3.63) is 105 Å². The largest absolute Gasteiger partial charge is 0.340 e. The number of aryl methyl sites for hydroxylation is 1. The van der Waals surface area contributed by atoms with Gasteiger partial charge in [-0.1, -0.05) is 65.7 Å². The second-order valence-electron chi connectivity index (χ2n) is 8.46. The lowest BCUT2D eigenvalue weighted by atomic mass is 10.1. The number of aromatic nitrogens is 1. The van der Waals surface area contributed by atoms with Gasteiger partial charge in [0.1, 0.15) is 0 Å². The number of nitrogens with zero attached hydrogens (tertiary/aromatic N) is 2. The fraction of sp³-hybridized carbons (Fsp3) is 0.143. The summed E-state index contributed by atoms with van der Waals surface area (Å²) in [5.74, 6) is -0.140. The van der Waals surface area contributed by atoms with Gasteiger partial charge in [-0.3, -0.25) is 4.79 Å². The van der Waals surface area contributed by atoms with Gasteiger partial charge in [-0.05, 0) is 67.9 Å². The number of hydrogen-bond acceptors (Lipinski definition) is 3. The first kappa shape index (κ1) is 22.5. The fourth-order valence-corrected chi connectivity index (χ4v) is 5.26. The summed E-state index contributed by atoms with van der Waals surface area (Å²) in [6.07, 6.45) is 1.98. The summed E-state index contributed by atoms with van der Waals surface area (Å²) in [5.41, 5.74) is 7.47. The Morgan fingerprint density at radius 1 is 1.03 bits per heavy atom. The average Bonchev–Trinajstić information content (AvgIpc) is 3.29. The molecule has 0 bridgehead atoms. The third-order valence-corrected chi connectivity index (χ3v) is 7.41. The second-order valence-corrected chi connectivity index (χ2v) is 9.89. The molecule has 1 N–H and O–H groups in total. The van der Waals surface area contributed by atoms with Gasteiger partial charge in [0.15, 0.2) is 5.17 Å². The first-order valence-corrected chi connectivity index (χ1v) is 12.3. The normalized spacial score (nSPS) is 16.1. The molecule has 2 heterocycles. The van der Waals surface area contributed by atoms with Gasteiger partial charge in [0.25, 0.3) is 5.91 Å². The third-order valence-electron chi connectivity index (χ3n) is 6.09.